The largest absolute Gasteiger partial charge is 0.389 e. The molecule has 0 aromatic heterocycles. The van der Waals surface area contributed by atoms with Crippen molar-refractivity contribution in [3.63, 3.8) is 0 Å². The first-order valence-corrected chi connectivity index (χ1v) is 7.40. The molecular weight excluding hydrogens is 274 g/mol. The van der Waals surface area contributed by atoms with Gasteiger partial charge in [-0.05, 0) is 52.3 Å². The van der Waals surface area contributed by atoms with Crippen LogP contribution in [0, 0.1) is 0 Å². The molecule has 112 valence electrons. The third-order valence-electron chi connectivity index (χ3n) is 3.49. The van der Waals surface area contributed by atoms with E-state index in [2.05, 4.69) is 32.6 Å². The van der Waals surface area contributed by atoms with Crippen LogP contribution in [0.2, 0.25) is 5.02 Å². The number of benzene rings is 1. The van der Waals surface area contributed by atoms with Gasteiger partial charge < -0.3 is 14.7 Å². The predicted octanol–water partition coefficient (Wildman–Crippen LogP) is 3.79. The summed E-state index contributed by atoms with van der Waals surface area (Å²) in [5.41, 5.74) is 1.41. The van der Waals surface area contributed by atoms with Crippen molar-refractivity contribution in [3.8, 4) is 0 Å². The van der Waals surface area contributed by atoms with Gasteiger partial charge in [0.1, 0.15) is 0 Å². The average molecular weight is 298 g/mol. The maximum absolute atomic E-state index is 9.62. The standard InChI is InChI=1S/C16H24ClNO2/c1-11(19)12-6-7-14(13(17)8-12)18-9-15(2,3)20-16(4,5)10-18/h6-8,11,19H,9-10H2,1-5H3/t11-/m0/s1. The van der Waals surface area contributed by atoms with Gasteiger partial charge in [-0.2, -0.15) is 0 Å². The highest BCUT2D eigenvalue weighted by Crippen LogP contribution is 2.35. The highest BCUT2D eigenvalue weighted by molar-refractivity contribution is 6.33. The fourth-order valence-electron chi connectivity index (χ4n) is 3.00. The molecule has 1 fully saturated rings. The average Bonchev–Trinajstić information content (AvgIpc) is 2.24. The SMILES string of the molecule is C[C@H](O)c1ccc(N2CC(C)(C)OC(C)(C)C2)c(Cl)c1. The van der Waals surface area contributed by atoms with Crippen molar-refractivity contribution in [1.29, 1.82) is 0 Å². The summed E-state index contributed by atoms with van der Waals surface area (Å²) in [5.74, 6) is 0. The quantitative estimate of drug-likeness (QED) is 0.901. The van der Waals surface area contributed by atoms with Gasteiger partial charge >= 0.3 is 0 Å². The summed E-state index contributed by atoms with van der Waals surface area (Å²) in [6.45, 7) is 11.7. The first kappa shape index (κ1) is 15.6. The van der Waals surface area contributed by atoms with Crippen LogP contribution in [0.15, 0.2) is 18.2 Å². The molecule has 0 saturated carbocycles. The first-order valence-electron chi connectivity index (χ1n) is 7.02. The molecule has 1 saturated heterocycles. The number of rotatable bonds is 2. The maximum atomic E-state index is 9.62. The van der Waals surface area contributed by atoms with Crippen LogP contribution in [0.5, 0.6) is 0 Å². The smallest absolute Gasteiger partial charge is 0.0808 e. The highest BCUT2D eigenvalue weighted by atomic mass is 35.5. The topological polar surface area (TPSA) is 32.7 Å². The predicted molar refractivity (Wildman–Crippen MR) is 83.5 cm³/mol. The number of hydrogen-bond acceptors (Lipinski definition) is 3. The number of aliphatic hydroxyl groups is 1. The molecule has 1 aliphatic heterocycles. The van der Waals surface area contributed by atoms with Gasteiger partial charge in [-0.15, -0.1) is 0 Å². The van der Waals surface area contributed by atoms with Crippen molar-refractivity contribution in [2.75, 3.05) is 18.0 Å². The molecule has 20 heavy (non-hydrogen) atoms. The van der Waals surface area contributed by atoms with Crippen LogP contribution in [0.25, 0.3) is 0 Å². The molecule has 0 unspecified atom stereocenters. The molecule has 0 bridgehead atoms. The van der Waals surface area contributed by atoms with E-state index in [1.54, 1.807) is 6.92 Å². The Labute approximate surface area is 126 Å². The van der Waals surface area contributed by atoms with Gasteiger partial charge in [0.15, 0.2) is 0 Å². The Kier molecular flexibility index (Phi) is 4.07. The summed E-state index contributed by atoms with van der Waals surface area (Å²) < 4.78 is 6.09. The third kappa shape index (κ3) is 3.46. The number of nitrogens with zero attached hydrogens (tertiary/aromatic N) is 1. The van der Waals surface area contributed by atoms with Crippen LogP contribution < -0.4 is 4.90 Å². The monoisotopic (exact) mass is 297 g/mol. The van der Waals surface area contributed by atoms with Crippen molar-refractivity contribution in [2.24, 2.45) is 0 Å². The van der Waals surface area contributed by atoms with Crippen LogP contribution in [-0.4, -0.2) is 29.4 Å². The van der Waals surface area contributed by atoms with Gasteiger partial charge in [-0.3, -0.25) is 0 Å². The molecule has 1 aliphatic rings. The lowest BCUT2D eigenvalue weighted by Gasteiger charge is -2.48. The second kappa shape index (κ2) is 5.21. The normalized spacial score (nSPS) is 22.6. The summed E-state index contributed by atoms with van der Waals surface area (Å²) in [6, 6.07) is 5.76. The molecule has 0 spiro atoms. The second-order valence-electron chi connectivity index (χ2n) is 6.86. The van der Waals surface area contributed by atoms with Crippen molar-refractivity contribution in [3.05, 3.63) is 28.8 Å². The Balaban J connectivity index is 2.31. The lowest BCUT2D eigenvalue weighted by Crippen LogP contribution is -2.57. The summed E-state index contributed by atoms with van der Waals surface area (Å²) in [4.78, 5) is 2.26. The minimum atomic E-state index is -0.501. The lowest BCUT2D eigenvalue weighted by molar-refractivity contribution is -0.133. The first-order chi connectivity index (χ1) is 9.10. The fourth-order valence-corrected chi connectivity index (χ4v) is 3.31. The van der Waals surface area contributed by atoms with Gasteiger partial charge in [-0.25, -0.2) is 0 Å². The van der Waals surface area contributed by atoms with Crippen LogP contribution in [0.4, 0.5) is 5.69 Å². The van der Waals surface area contributed by atoms with E-state index in [4.69, 9.17) is 16.3 Å². The molecule has 1 aromatic rings. The van der Waals surface area contributed by atoms with Crippen LogP contribution in [0.1, 0.15) is 46.3 Å². The Morgan fingerprint density at radius 2 is 1.75 bits per heavy atom. The summed E-state index contributed by atoms with van der Waals surface area (Å²) in [5, 5.41) is 10.3. The molecule has 1 N–H and O–H groups in total. The Hall–Kier alpha value is -0.770. The van der Waals surface area contributed by atoms with Crippen molar-refractivity contribution in [1.82, 2.24) is 0 Å². The van der Waals surface area contributed by atoms with E-state index in [1.807, 2.05) is 18.2 Å². The Morgan fingerprint density at radius 3 is 2.20 bits per heavy atom. The van der Waals surface area contributed by atoms with Gasteiger partial charge in [0, 0.05) is 13.1 Å². The molecule has 2 rings (SSSR count). The summed E-state index contributed by atoms with van der Waals surface area (Å²) in [7, 11) is 0. The zero-order valence-electron chi connectivity index (χ0n) is 12.9. The molecule has 0 amide bonds. The van der Waals surface area contributed by atoms with E-state index in [9.17, 15) is 5.11 Å². The molecule has 0 radical (unpaired) electrons. The molecule has 0 aliphatic carbocycles. The number of halogens is 1. The van der Waals surface area contributed by atoms with Gasteiger partial charge in [-0.1, -0.05) is 17.7 Å². The Morgan fingerprint density at radius 1 is 1.20 bits per heavy atom. The van der Waals surface area contributed by atoms with Crippen LogP contribution >= 0.6 is 11.6 Å². The van der Waals surface area contributed by atoms with Crippen molar-refractivity contribution < 1.29 is 9.84 Å². The zero-order valence-corrected chi connectivity index (χ0v) is 13.7. The zero-order chi connectivity index (χ0) is 15.1. The number of ether oxygens (including phenoxy) is 1. The van der Waals surface area contributed by atoms with Gasteiger partial charge in [0.2, 0.25) is 0 Å². The highest BCUT2D eigenvalue weighted by Gasteiger charge is 2.38. The molecule has 3 nitrogen and oxygen atoms in total. The summed E-state index contributed by atoms with van der Waals surface area (Å²) >= 11 is 6.40. The van der Waals surface area contributed by atoms with Crippen molar-refractivity contribution >= 4 is 17.3 Å². The number of anilines is 1. The minimum Gasteiger partial charge on any atom is -0.389 e. The lowest BCUT2D eigenvalue weighted by atomic mass is 9.98. The third-order valence-corrected chi connectivity index (χ3v) is 3.79. The molecule has 1 heterocycles. The van der Waals surface area contributed by atoms with E-state index < -0.39 is 6.10 Å². The summed E-state index contributed by atoms with van der Waals surface area (Å²) in [6.07, 6.45) is -0.501. The Bertz CT molecular complexity index is 481. The van der Waals surface area contributed by atoms with E-state index >= 15 is 0 Å². The minimum absolute atomic E-state index is 0.214. The van der Waals surface area contributed by atoms with Crippen LogP contribution in [-0.2, 0) is 4.74 Å². The van der Waals surface area contributed by atoms with Gasteiger partial charge in [0.05, 0.1) is 28.0 Å². The van der Waals surface area contributed by atoms with E-state index in [0.29, 0.717) is 5.02 Å². The maximum Gasteiger partial charge on any atom is 0.0808 e. The fraction of sp³-hybridized carbons (Fsp3) is 0.625. The molecule has 1 aromatic carbocycles. The van der Waals surface area contributed by atoms with Crippen LogP contribution in [0.3, 0.4) is 0 Å². The van der Waals surface area contributed by atoms with E-state index in [-0.39, 0.29) is 11.2 Å². The second-order valence-corrected chi connectivity index (χ2v) is 7.27. The van der Waals surface area contributed by atoms with E-state index in [1.165, 1.54) is 0 Å². The van der Waals surface area contributed by atoms with E-state index in [0.717, 1.165) is 24.3 Å². The molecule has 1 atom stereocenters. The number of hydrogen-bond donors (Lipinski definition) is 1. The molecule has 4 heteroatoms. The molecular formula is C16H24ClNO2. The van der Waals surface area contributed by atoms with Gasteiger partial charge in [0.25, 0.3) is 0 Å². The number of aliphatic hydroxyl groups excluding tert-OH is 1. The number of morpholine rings is 1. The van der Waals surface area contributed by atoms with Crippen molar-refractivity contribution in [2.45, 2.75) is 51.9 Å².